The molecule has 3 aromatic carbocycles. The quantitative estimate of drug-likeness (QED) is 0.0297. The minimum absolute atomic E-state index is 0. The van der Waals surface area contributed by atoms with Crippen molar-refractivity contribution >= 4 is 87.8 Å². The number of carbonyl (C=O) groups excluding carboxylic acids is 2. The Bertz CT molecular complexity index is 3550. The van der Waals surface area contributed by atoms with Gasteiger partial charge in [0.2, 0.25) is 0 Å². The Kier molecular flexibility index (Phi) is 26.9. The number of benzene rings is 3. The van der Waals surface area contributed by atoms with E-state index in [1.807, 2.05) is 89.6 Å². The number of hydrogen-bond acceptors (Lipinski definition) is 15. The van der Waals surface area contributed by atoms with Crippen molar-refractivity contribution in [1.29, 1.82) is 0 Å². The van der Waals surface area contributed by atoms with Crippen molar-refractivity contribution < 1.29 is 58.5 Å². The van der Waals surface area contributed by atoms with E-state index in [4.69, 9.17) is 42.7 Å². The number of nitrogens with two attached hydrogens (primary N) is 1. The molecule has 6 heterocycles. The molecule has 3 saturated carbocycles. The summed E-state index contributed by atoms with van der Waals surface area (Å²) in [7, 11) is 0. The van der Waals surface area contributed by atoms with Crippen LogP contribution in [-0.2, 0) is 46.2 Å². The molecular weight excluding hydrogens is 1360 g/mol. The van der Waals surface area contributed by atoms with Crippen LogP contribution in [0.2, 0.25) is 0 Å². The normalized spacial score (nSPS) is 21.0. The molecule has 15 nitrogen and oxygen atoms in total. The van der Waals surface area contributed by atoms with Crippen LogP contribution in [-0.4, -0.2) is 106 Å². The summed E-state index contributed by atoms with van der Waals surface area (Å²) in [4.78, 5) is 54.6. The number of piperidine rings is 3. The van der Waals surface area contributed by atoms with Gasteiger partial charge in [-0.3, -0.25) is 9.78 Å². The predicted molar refractivity (Wildman–Crippen MR) is 400 cm³/mol. The van der Waals surface area contributed by atoms with Crippen LogP contribution in [0, 0.1) is 34.0 Å². The largest absolute Gasteiger partial charge is 1.00 e. The van der Waals surface area contributed by atoms with Crippen molar-refractivity contribution in [3.8, 4) is 0 Å². The van der Waals surface area contributed by atoms with Gasteiger partial charge in [-0.1, -0.05) is 107 Å². The maximum absolute atomic E-state index is 12.7. The summed E-state index contributed by atoms with van der Waals surface area (Å²) in [6.45, 7) is 17.1. The van der Waals surface area contributed by atoms with E-state index in [-0.39, 0.29) is 90.0 Å². The second-order valence-corrected chi connectivity index (χ2v) is 33.2. The molecule has 6 aliphatic carbocycles. The number of thioether (sulfide) groups is 2. The number of amides is 2. The summed E-state index contributed by atoms with van der Waals surface area (Å²) in [5.41, 5.74) is 17.6. The molecule has 9 aliphatic rings. The predicted octanol–water partition coefficient (Wildman–Crippen LogP) is 13.9. The second kappa shape index (κ2) is 34.2. The summed E-state index contributed by atoms with van der Waals surface area (Å²) in [5.74, 6) is 5.34. The maximum atomic E-state index is 12.7. The van der Waals surface area contributed by atoms with Crippen molar-refractivity contribution in [3.63, 3.8) is 0 Å². The minimum Gasteiger partial charge on any atom is -0.760 e. The van der Waals surface area contributed by atoms with Crippen LogP contribution in [0.5, 0.6) is 0 Å². The Hall–Kier alpha value is -5.12. The third-order valence-electron chi connectivity index (χ3n) is 20.7. The second-order valence-electron chi connectivity index (χ2n) is 30.1. The molecule has 3 spiro atoms. The molecule has 15 rings (SSSR count). The van der Waals surface area contributed by atoms with Crippen LogP contribution < -0.4 is 60.6 Å². The molecule has 5 N–H and O–H groups in total. The number of halogens is 1. The van der Waals surface area contributed by atoms with Gasteiger partial charge in [0.25, 0.3) is 6.47 Å². The Morgan fingerprint density at radius 3 is 1.21 bits per heavy atom. The van der Waals surface area contributed by atoms with Gasteiger partial charge in [0, 0.05) is 79.2 Å². The van der Waals surface area contributed by atoms with E-state index in [2.05, 4.69) is 154 Å². The Morgan fingerprint density at radius 1 is 0.561 bits per heavy atom. The van der Waals surface area contributed by atoms with Gasteiger partial charge in [0.15, 0.2) is 0 Å². The molecule has 3 atom stereocenters. The number of rotatable bonds is 12. The van der Waals surface area contributed by atoms with Crippen LogP contribution >= 0.6 is 39.5 Å². The first-order valence-electron chi connectivity index (χ1n) is 34.8. The maximum Gasteiger partial charge on any atom is 1.00 e. The zero-order valence-electron chi connectivity index (χ0n) is 58.0. The van der Waals surface area contributed by atoms with Crippen molar-refractivity contribution in [2.24, 2.45) is 39.7 Å². The van der Waals surface area contributed by atoms with Crippen molar-refractivity contribution in [2.75, 3.05) is 70.8 Å². The van der Waals surface area contributed by atoms with E-state index >= 15 is 0 Å². The Balaban J connectivity index is 0.000000162. The van der Waals surface area contributed by atoms with E-state index in [1.165, 1.54) is 118 Å². The standard InChI is InChI=1S/C27H35N3O2S.C23H29N3O2S.C22H27N3S.C4H7Br.CH2O2.CH4.Na/c1-26(2,3)32-25(31)29-24-22-7-5-4-6-20(22)16-27(24)12-14-30(15-13-27)21-10-11-23(28-17-21)33-18-19-8-9-19;1-22(2,3)28-21(27)25-20-18-7-5-4-6-16(18)14-23(20)10-12-26(13-11-23)17-8-9-19(29)24-15-17;23-21-19-4-2-1-3-17(19)13-22(21)9-11-25(12-10-22)18-7-8-20(24-14-18)26-15-16-5-6-16;5-3-4-1-2-4;2-1-3;;/h4-7,10-11,17,19,24H,8-9,12-16,18H2,1-3H3,(H,29,31);4-9,15,20H,10-14H2,1-3H3,(H,24,29)(H,25,27);1-4,7-8,14,16,21H,5-6,9-13,15,23H2;4H,1-3H2;1H,(H,2,3);1H4;/q;;;;;;+1/p-1/t24-;20-;21-;;;;/m111..../s1. The van der Waals surface area contributed by atoms with E-state index in [0.29, 0.717) is 5.03 Å². The van der Waals surface area contributed by atoms with Crippen molar-refractivity contribution in [1.82, 2.24) is 25.6 Å². The number of nitrogens with one attached hydrogen (secondary N) is 2. The van der Waals surface area contributed by atoms with Gasteiger partial charge in [-0.25, -0.2) is 19.6 Å². The number of pyridine rings is 3. The van der Waals surface area contributed by atoms with Crippen molar-refractivity contribution in [3.05, 3.63) is 161 Å². The molecule has 6 fully saturated rings. The van der Waals surface area contributed by atoms with E-state index in [1.54, 1.807) is 0 Å². The number of aromatic nitrogens is 3. The van der Waals surface area contributed by atoms with Gasteiger partial charge < -0.3 is 58.3 Å². The number of carbonyl (C=O) groups is 3. The molecule has 2 amide bonds. The zero-order chi connectivity index (χ0) is 67.7. The molecular formula is C78H103BrN9NaO6S3. The first-order chi connectivity index (χ1) is 46.1. The van der Waals surface area contributed by atoms with E-state index < -0.39 is 11.2 Å². The Labute approximate surface area is 628 Å². The number of nitrogens with zero attached hydrogens (tertiary/aromatic N) is 6. The first-order valence-corrected chi connectivity index (χ1v) is 38.3. The SMILES string of the molecule is BrCC1CC1.C.CC(C)(C)OC(=O)N[C@@H]1c2ccccc2CC12CCN(c1ccc(SCC3CC3)nc1)CC2.CC(C)(C)OC(=O)N[C@@H]1c2ccccc2CC12CCN(c1ccc([S-])nc1)CC2.N[C@@H]1c2ccccc2CC12CCN(c1ccc(SCC3CC3)nc1)CC2.O=CO.[Na+]. The number of alkyl carbamates (subject to hydrolysis) is 2. The molecule has 20 heteroatoms. The average Bonchev–Trinajstić information content (AvgIpc) is 1.60. The molecule has 0 radical (unpaired) electrons. The molecule has 3 aromatic heterocycles. The molecule has 0 bridgehead atoms. The van der Waals surface area contributed by atoms with Gasteiger partial charge in [-0.15, -0.1) is 23.5 Å². The average molecular weight is 1460 g/mol. The molecule has 0 unspecified atom stereocenters. The fourth-order valence-corrected chi connectivity index (χ4v) is 17.7. The van der Waals surface area contributed by atoms with Crippen LogP contribution in [0.25, 0.3) is 0 Å². The zero-order valence-corrected chi connectivity index (χ0v) is 64.0. The Morgan fingerprint density at radius 2 is 0.898 bits per heavy atom. The molecule has 3 aliphatic heterocycles. The van der Waals surface area contributed by atoms with Crippen LogP contribution in [0.4, 0.5) is 26.7 Å². The molecule has 98 heavy (non-hydrogen) atoms. The first kappa shape index (κ1) is 77.0. The van der Waals surface area contributed by atoms with Gasteiger partial charge in [0.1, 0.15) is 11.2 Å². The van der Waals surface area contributed by atoms with E-state index in [0.717, 1.165) is 113 Å². The fraction of sp³-hybridized carbons (Fsp3) is 0.538. The molecule has 522 valence electrons. The third kappa shape index (κ3) is 20.4. The number of carboxylic acid groups (broad SMARTS) is 1. The number of ether oxygens (including phenoxy) is 2. The van der Waals surface area contributed by atoms with Gasteiger partial charge in [-0.2, -0.15) is 0 Å². The van der Waals surface area contributed by atoms with Gasteiger partial charge >= 0.3 is 41.7 Å². The summed E-state index contributed by atoms with van der Waals surface area (Å²) < 4.78 is 11.2. The summed E-state index contributed by atoms with van der Waals surface area (Å²) in [5, 5.41) is 17.5. The smallest absolute Gasteiger partial charge is 0.760 e. The molecule has 3 saturated heterocycles. The fourth-order valence-electron chi connectivity index (χ4n) is 14.9. The number of anilines is 3. The third-order valence-corrected chi connectivity index (χ3v) is 24.2. The molecule has 6 aromatic rings. The van der Waals surface area contributed by atoms with Crippen LogP contribution in [0.1, 0.15) is 178 Å². The van der Waals surface area contributed by atoms with Crippen LogP contribution in [0.15, 0.2) is 143 Å². The van der Waals surface area contributed by atoms with Gasteiger partial charge in [-0.05, 0) is 225 Å². The minimum atomic E-state index is -0.511. The van der Waals surface area contributed by atoms with Crippen LogP contribution in [0.3, 0.4) is 0 Å². The number of fused-ring (bicyclic) bond motifs is 3. The van der Waals surface area contributed by atoms with Crippen molar-refractivity contribution in [2.45, 2.75) is 190 Å². The summed E-state index contributed by atoms with van der Waals surface area (Å²) in [6, 6.07) is 38.7. The summed E-state index contributed by atoms with van der Waals surface area (Å²) >= 11 is 12.3. The van der Waals surface area contributed by atoms with E-state index in [9.17, 15) is 9.59 Å². The monoisotopic (exact) mass is 1460 g/mol. The van der Waals surface area contributed by atoms with Gasteiger partial charge in [0.05, 0.1) is 51.6 Å². The number of hydrogen-bond donors (Lipinski definition) is 4. The number of alkyl halides is 1. The topological polar surface area (TPSA) is 188 Å². The summed E-state index contributed by atoms with van der Waals surface area (Å²) in [6.07, 6.45) is 23.3.